The average molecular weight is 426 g/mol. The van der Waals surface area contributed by atoms with Crippen LogP contribution < -0.4 is 0 Å². The average Bonchev–Trinajstić information content (AvgIpc) is 3.27. The van der Waals surface area contributed by atoms with Crippen molar-refractivity contribution in [3.8, 4) is 0 Å². The van der Waals surface area contributed by atoms with Gasteiger partial charge in [0, 0.05) is 21.5 Å². The smallest absolute Gasteiger partial charge is 0.0619 e. The van der Waals surface area contributed by atoms with E-state index in [1.165, 1.54) is 82.2 Å². The molecular weight excluding hydrogens is 398 g/mol. The van der Waals surface area contributed by atoms with E-state index in [4.69, 9.17) is 0 Å². The minimum atomic E-state index is 1.14. The standard InChI is InChI=1S/C32H27N/c1-5-9-22-20(4)18(2)16-26-24-12-8-13-25-27-17-19(3)21-10-6-7-11-23(21)31(27)29-15-14-28(30(22)26)33(29)32(24)25/h5,7-9,11-17H,6,10H2,1-4H3/b9-5-. The van der Waals surface area contributed by atoms with Crippen LogP contribution in [-0.4, -0.2) is 4.40 Å². The second-order valence-electron chi connectivity index (χ2n) is 9.74. The van der Waals surface area contributed by atoms with Crippen LogP contribution in [0.5, 0.6) is 0 Å². The number of rotatable bonds is 1. The van der Waals surface area contributed by atoms with Crippen molar-refractivity contribution in [3.05, 3.63) is 88.0 Å². The number of aromatic nitrogens is 1. The number of allylic oxidation sites excluding steroid dienone is 2. The predicted molar refractivity (Wildman–Crippen MR) is 145 cm³/mol. The SMILES string of the molecule is C/C=C\c1c(C)c(C)cc2c3cccc4c5cc(C)c6c(c5c5ccc(c12)n5c43)C=CCC6. The number of pyridine rings is 2. The lowest BCUT2D eigenvalue weighted by atomic mass is 9.86. The summed E-state index contributed by atoms with van der Waals surface area (Å²) >= 11 is 0. The third-order valence-corrected chi connectivity index (χ3v) is 8.01. The Morgan fingerprint density at radius 1 is 0.818 bits per heavy atom. The molecule has 0 N–H and O–H groups in total. The van der Waals surface area contributed by atoms with E-state index in [0.29, 0.717) is 0 Å². The summed E-state index contributed by atoms with van der Waals surface area (Å²) < 4.78 is 2.55. The molecule has 0 spiro atoms. The monoisotopic (exact) mass is 425 g/mol. The molecule has 0 saturated heterocycles. The second kappa shape index (κ2) is 6.48. The van der Waals surface area contributed by atoms with Crippen LogP contribution in [0.4, 0.5) is 0 Å². The van der Waals surface area contributed by atoms with Crippen LogP contribution >= 0.6 is 0 Å². The molecule has 0 bridgehead atoms. The largest absolute Gasteiger partial charge is 0.308 e. The molecule has 0 radical (unpaired) electrons. The van der Waals surface area contributed by atoms with Gasteiger partial charge in [0.25, 0.3) is 0 Å². The van der Waals surface area contributed by atoms with Gasteiger partial charge in [0.2, 0.25) is 0 Å². The highest BCUT2D eigenvalue weighted by atomic mass is 14.9. The van der Waals surface area contributed by atoms with Gasteiger partial charge in [0.05, 0.1) is 16.6 Å². The van der Waals surface area contributed by atoms with Gasteiger partial charge in [-0.25, -0.2) is 0 Å². The molecule has 0 fully saturated rings. The van der Waals surface area contributed by atoms with E-state index >= 15 is 0 Å². The predicted octanol–water partition coefficient (Wildman–Crippen LogP) is 8.91. The third-order valence-electron chi connectivity index (χ3n) is 8.01. The first kappa shape index (κ1) is 18.9. The third kappa shape index (κ3) is 2.27. The van der Waals surface area contributed by atoms with Crippen molar-refractivity contribution >= 4 is 61.0 Å². The Bertz CT molecular complexity index is 1770. The Morgan fingerprint density at radius 2 is 1.52 bits per heavy atom. The van der Waals surface area contributed by atoms with Gasteiger partial charge < -0.3 is 4.40 Å². The Labute approximate surface area is 194 Å². The van der Waals surface area contributed by atoms with Gasteiger partial charge in [-0.15, -0.1) is 0 Å². The van der Waals surface area contributed by atoms with Crippen molar-refractivity contribution in [1.82, 2.24) is 4.40 Å². The topological polar surface area (TPSA) is 4.41 Å². The highest BCUT2D eigenvalue weighted by Crippen LogP contribution is 2.44. The van der Waals surface area contributed by atoms with Crippen LogP contribution in [0, 0.1) is 20.8 Å². The zero-order chi connectivity index (χ0) is 22.4. The van der Waals surface area contributed by atoms with E-state index in [-0.39, 0.29) is 0 Å². The zero-order valence-corrected chi connectivity index (χ0v) is 19.7. The molecule has 0 aliphatic heterocycles. The minimum Gasteiger partial charge on any atom is -0.308 e. The number of benzene rings is 3. The molecule has 0 unspecified atom stereocenters. The minimum absolute atomic E-state index is 1.14. The van der Waals surface area contributed by atoms with Crippen LogP contribution in [0.2, 0.25) is 0 Å². The summed E-state index contributed by atoms with van der Waals surface area (Å²) in [6.07, 6.45) is 11.5. The van der Waals surface area contributed by atoms with Crippen molar-refractivity contribution in [3.63, 3.8) is 0 Å². The van der Waals surface area contributed by atoms with E-state index in [1.54, 1.807) is 0 Å². The first-order valence-corrected chi connectivity index (χ1v) is 12.1. The maximum atomic E-state index is 2.55. The molecule has 160 valence electrons. The Balaban J connectivity index is 1.86. The van der Waals surface area contributed by atoms with Crippen molar-refractivity contribution in [1.29, 1.82) is 0 Å². The van der Waals surface area contributed by atoms with Crippen molar-refractivity contribution < 1.29 is 0 Å². The van der Waals surface area contributed by atoms with E-state index in [9.17, 15) is 0 Å². The summed E-state index contributed by atoms with van der Waals surface area (Å²) in [5.74, 6) is 0. The summed E-state index contributed by atoms with van der Waals surface area (Å²) in [7, 11) is 0. The number of fused-ring (bicyclic) bond motifs is 8. The van der Waals surface area contributed by atoms with E-state index in [0.717, 1.165) is 12.8 Å². The Kier molecular flexibility index (Phi) is 3.72. The summed E-state index contributed by atoms with van der Waals surface area (Å²) in [6.45, 7) is 8.91. The van der Waals surface area contributed by atoms with Crippen molar-refractivity contribution in [2.75, 3.05) is 0 Å². The van der Waals surface area contributed by atoms with Gasteiger partial charge in [0.1, 0.15) is 0 Å². The maximum Gasteiger partial charge on any atom is 0.0619 e. The molecule has 0 atom stereocenters. The van der Waals surface area contributed by atoms with Gasteiger partial charge >= 0.3 is 0 Å². The molecule has 6 aromatic rings. The molecule has 1 aliphatic carbocycles. The Morgan fingerprint density at radius 3 is 2.27 bits per heavy atom. The zero-order valence-electron chi connectivity index (χ0n) is 19.7. The molecule has 7 rings (SSSR count). The van der Waals surface area contributed by atoms with Gasteiger partial charge in [-0.2, -0.15) is 0 Å². The van der Waals surface area contributed by atoms with E-state index in [2.05, 4.69) is 98.9 Å². The van der Waals surface area contributed by atoms with Crippen LogP contribution in [0.1, 0.15) is 46.7 Å². The molecule has 3 aromatic carbocycles. The fraction of sp³-hybridized carbons (Fsp3) is 0.188. The molecule has 1 nitrogen and oxygen atoms in total. The molecule has 33 heavy (non-hydrogen) atoms. The van der Waals surface area contributed by atoms with Gasteiger partial charge in [-0.3, -0.25) is 0 Å². The molecule has 1 heteroatoms. The molecule has 3 heterocycles. The van der Waals surface area contributed by atoms with Gasteiger partial charge in [0.15, 0.2) is 0 Å². The van der Waals surface area contributed by atoms with Crippen molar-refractivity contribution in [2.24, 2.45) is 0 Å². The number of aryl methyl sites for hydroxylation is 2. The normalized spacial score (nSPS) is 14.2. The first-order valence-electron chi connectivity index (χ1n) is 12.1. The van der Waals surface area contributed by atoms with Crippen LogP contribution in [0.25, 0.3) is 61.0 Å². The molecular formula is C32H27N. The highest BCUT2D eigenvalue weighted by Gasteiger charge is 2.22. The molecule has 1 aliphatic rings. The maximum absolute atomic E-state index is 2.55. The van der Waals surface area contributed by atoms with Crippen LogP contribution in [-0.2, 0) is 6.42 Å². The van der Waals surface area contributed by atoms with Crippen LogP contribution in [0.15, 0.2) is 54.6 Å². The van der Waals surface area contributed by atoms with Crippen LogP contribution in [0.3, 0.4) is 0 Å². The van der Waals surface area contributed by atoms with E-state index < -0.39 is 0 Å². The number of hydrogen-bond donors (Lipinski definition) is 0. The summed E-state index contributed by atoms with van der Waals surface area (Å²) in [5, 5.41) is 8.21. The summed E-state index contributed by atoms with van der Waals surface area (Å²) in [6, 6.07) is 16.4. The summed E-state index contributed by atoms with van der Waals surface area (Å²) in [5.41, 5.74) is 12.4. The van der Waals surface area contributed by atoms with E-state index in [1.807, 2.05) is 0 Å². The van der Waals surface area contributed by atoms with Crippen molar-refractivity contribution in [2.45, 2.75) is 40.5 Å². The highest BCUT2D eigenvalue weighted by molar-refractivity contribution is 6.27. The first-order chi connectivity index (χ1) is 16.1. The lowest BCUT2D eigenvalue weighted by Crippen LogP contribution is -2.03. The molecule has 0 amide bonds. The molecule has 0 saturated carbocycles. The van der Waals surface area contributed by atoms with Gasteiger partial charge in [-0.1, -0.05) is 54.6 Å². The lowest BCUT2D eigenvalue weighted by Gasteiger charge is -2.22. The number of para-hydroxylation sites is 1. The fourth-order valence-electron chi connectivity index (χ4n) is 6.41. The fourth-order valence-corrected chi connectivity index (χ4v) is 6.41. The number of nitrogens with zero attached hydrogens (tertiary/aromatic N) is 1. The number of hydrogen-bond acceptors (Lipinski definition) is 0. The summed E-state index contributed by atoms with van der Waals surface area (Å²) in [4.78, 5) is 0. The lowest BCUT2D eigenvalue weighted by molar-refractivity contribution is 0.976. The second-order valence-corrected chi connectivity index (χ2v) is 9.74. The Hall–Kier alpha value is -3.58. The quantitative estimate of drug-likeness (QED) is 0.183. The molecule has 3 aromatic heterocycles. The van der Waals surface area contributed by atoms with Gasteiger partial charge in [-0.05, 0) is 96.8 Å².